The number of carbonyl (C=O) groups is 2. The first-order valence-corrected chi connectivity index (χ1v) is 6.67. The van der Waals surface area contributed by atoms with Crippen LogP contribution in [0.3, 0.4) is 0 Å². The molecule has 1 heterocycles. The van der Waals surface area contributed by atoms with Gasteiger partial charge < -0.3 is 10.6 Å². The van der Waals surface area contributed by atoms with Gasteiger partial charge in [0, 0.05) is 6.54 Å². The average molecular weight is 277 g/mol. The SMILES string of the molecule is CCN1C(=O)N(OCc2ccccc2)CC[C@H]1C(N)=O. The van der Waals surface area contributed by atoms with E-state index >= 15 is 0 Å². The Morgan fingerprint density at radius 1 is 1.40 bits per heavy atom. The monoisotopic (exact) mass is 277 g/mol. The van der Waals surface area contributed by atoms with Gasteiger partial charge in [-0.3, -0.25) is 9.63 Å². The lowest BCUT2D eigenvalue weighted by Crippen LogP contribution is -2.58. The number of urea groups is 1. The zero-order valence-electron chi connectivity index (χ0n) is 11.5. The highest BCUT2D eigenvalue weighted by atomic mass is 16.7. The largest absolute Gasteiger partial charge is 0.368 e. The Labute approximate surface area is 118 Å². The van der Waals surface area contributed by atoms with E-state index in [0.717, 1.165) is 5.56 Å². The molecule has 1 aromatic carbocycles. The van der Waals surface area contributed by atoms with E-state index in [2.05, 4.69) is 0 Å². The fourth-order valence-electron chi connectivity index (χ4n) is 2.27. The number of nitrogens with zero attached hydrogens (tertiary/aromatic N) is 2. The summed E-state index contributed by atoms with van der Waals surface area (Å²) >= 11 is 0. The number of hydroxylamine groups is 2. The van der Waals surface area contributed by atoms with E-state index < -0.39 is 11.9 Å². The number of rotatable bonds is 5. The van der Waals surface area contributed by atoms with E-state index in [1.807, 2.05) is 37.3 Å². The van der Waals surface area contributed by atoms with E-state index in [9.17, 15) is 9.59 Å². The Bertz CT molecular complexity index is 478. The molecule has 1 aromatic rings. The van der Waals surface area contributed by atoms with E-state index in [1.165, 1.54) is 9.96 Å². The minimum atomic E-state index is -0.538. The highest BCUT2D eigenvalue weighted by Crippen LogP contribution is 2.17. The Morgan fingerprint density at radius 2 is 2.10 bits per heavy atom. The summed E-state index contributed by atoms with van der Waals surface area (Å²) < 4.78 is 0. The van der Waals surface area contributed by atoms with Gasteiger partial charge in [-0.05, 0) is 18.9 Å². The first-order valence-electron chi connectivity index (χ1n) is 6.67. The van der Waals surface area contributed by atoms with Crippen LogP contribution in [-0.4, -0.2) is 41.0 Å². The van der Waals surface area contributed by atoms with Crippen LogP contribution in [0.5, 0.6) is 0 Å². The molecular weight excluding hydrogens is 258 g/mol. The topological polar surface area (TPSA) is 75.9 Å². The Kier molecular flexibility index (Phi) is 4.57. The molecule has 6 heteroatoms. The van der Waals surface area contributed by atoms with Gasteiger partial charge >= 0.3 is 6.03 Å². The maximum Gasteiger partial charge on any atom is 0.344 e. The molecule has 0 aliphatic carbocycles. The van der Waals surface area contributed by atoms with Crippen LogP contribution >= 0.6 is 0 Å². The van der Waals surface area contributed by atoms with Crippen molar-refractivity contribution in [2.75, 3.05) is 13.1 Å². The Balaban J connectivity index is 1.97. The zero-order valence-corrected chi connectivity index (χ0v) is 11.5. The van der Waals surface area contributed by atoms with Crippen molar-refractivity contribution < 1.29 is 14.4 Å². The molecule has 0 radical (unpaired) electrons. The lowest BCUT2D eigenvalue weighted by Gasteiger charge is -2.38. The van der Waals surface area contributed by atoms with Crippen LogP contribution in [0.4, 0.5) is 4.79 Å². The third-order valence-electron chi connectivity index (χ3n) is 3.34. The molecule has 1 atom stereocenters. The van der Waals surface area contributed by atoms with Crippen LogP contribution in [-0.2, 0) is 16.2 Å². The van der Waals surface area contributed by atoms with Gasteiger partial charge in [-0.2, -0.15) is 0 Å². The quantitative estimate of drug-likeness (QED) is 0.876. The van der Waals surface area contributed by atoms with Gasteiger partial charge in [0.05, 0.1) is 6.54 Å². The molecule has 1 fully saturated rings. The first-order chi connectivity index (χ1) is 9.63. The molecule has 0 unspecified atom stereocenters. The second kappa shape index (κ2) is 6.38. The number of hydrogen-bond donors (Lipinski definition) is 1. The number of primary amides is 1. The van der Waals surface area contributed by atoms with Crippen LogP contribution in [0, 0.1) is 0 Å². The third kappa shape index (κ3) is 3.08. The molecule has 0 bridgehead atoms. The number of nitrogens with two attached hydrogens (primary N) is 1. The Morgan fingerprint density at radius 3 is 2.70 bits per heavy atom. The number of hydrogen-bond acceptors (Lipinski definition) is 3. The molecule has 2 N–H and O–H groups in total. The lowest BCUT2D eigenvalue weighted by molar-refractivity contribution is -0.156. The summed E-state index contributed by atoms with van der Waals surface area (Å²) in [5.74, 6) is -0.470. The Hall–Kier alpha value is -2.08. The summed E-state index contributed by atoms with van der Waals surface area (Å²) in [6.45, 7) is 2.94. The van der Waals surface area contributed by atoms with Gasteiger partial charge in [-0.25, -0.2) is 9.86 Å². The molecular formula is C14H19N3O3. The highest BCUT2D eigenvalue weighted by molar-refractivity contribution is 5.86. The number of likely N-dealkylation sites (N-methyl/N-ethyl adjacent to an activating group) is 1. The zero-order chi connectivity index (χ0) is 14.5. The van der Waals surface area contributed by atoms with Gasteiger partial charge in [-0.1, -0.05) is 30.3 Å². The van der Waals surface area contributed by atoms with Crippen LogP contribution < -0.4 is 5.73 Å². The molecule has 1 aliphatic heterocycles. The minimum absolute atomic E-state index is 0.307. The molecule has 3 amide bonds. The van der Waals surface area contributed by atoms with Crippen LogP contribution in [0.25, 0.3) is 0 Å². The van der Waals surface area contributed by atoms with Crippen molar-refractivity contribution in [3.05, 3.63) is 35.9 Å². The third-order valence-corrected chi connectivity index (χ3v) is 3.34. The van der Waals surface area contributed by atoms with Gasteiger partial charge in [0.2, 0.25) is 5.91 Å². The molecule has 1 aliphatic rings. The van der Waals surface area contributed by atoms with Gasteiger partial charge in [0.1, 0.15) is 12.6 Å². The van der Waals surface area contributed by atoms with Crippen LogP contribution in [0.1, 0.15) is 18.9 Å². The number of benzene rings is 1. The predicted octanol–water partition coefficient (Wildman–Crippen LogP) is 1.12. The molecule has 20 heavy (non-hydrogen) atoms. The number of amides is 3. The second-order valence-corrected chi connectivity index (χ2v) is 4.64. The molecule has 6 nitrogen and oxygen atoms in total. The fraction of sp³-hybridized carbons (Fsp3) is 0.429. The second-order valence-electron chi connectivity index (χ2n) is 4.64. The van der Waals surface area contributed by atoms with Gasteiger partial charge in [-0.15, -0.1) is 0 Å². The molecule has 0 spiro atoms. The highest BCUT2D eigenvalue weighted by Gasteiger charge is 2.36. The molecule has 0 aromatic heterocycles. The summed E-state index contributed by atoms with van der Waals surface area (Å²) in [6.07, 6.45) is 0.490. The molecule has 2 rings (SSSR count). The predicted molar refractivity (Wildman–Crippen MR) is 73.3 cm³/mol. The number of carbonyl (C=O) groups excluding carboxylic acids is 2. The average Bonchev–Trinajstić information content (AvgIpc) is 2.46. The standard InChI is InChI=1S/C14H19N3O3/c1-2-16-12(13(15)18)8-9-17(14(16)19)20-10-11-6-4-3-5-7-11/h3-7,12H,2,8-10H2,1H3,(H2,15,18)/t12-/m0/s1. The van der Waals surface area contributed by atoms with Gasteiger partial charge in [0.25, 0.3) is 0 Å². The van der Waals surface area contributed by atoms with Crippen LogP contribution in [0.2, 0.25) is 0 Å². The maximum atomic E-state index is 12.2. The smallest absolute Gasteiger partial charge is 0.344 e. The molecule has 108 valence electrons. The maximum absolute atomic E-state index is 12.2. The molecule has 0 saturated carbocycles. The van der Waals surface area contributed by atoms with E-state index in [0.29, 0.717) is 26.1 Å². The van der Waals surface area contributed by atoms with E-state index in [4.69, 9.17) is 10.6 Å². The van der Waals surface area contributed by atoms with Crippen molar-refractivity contribution in [3.63, 3.8) is 0 Å². The van der Waals surface area contributed by atoms with Crippen LogP contribution in [0.15, 0.2) is 30.3 Å². The summed E-state index contributed by atoms with van der Waals surface area (Å²) in [6, 6.07) is 8.76. The van der Waals surface area contributed by atoms with E-state index in [-0.39, 0.29) is 6.03 Å². The van der Waals surface area contributed by atoms with Crippen molar-refractivity contribution in [2.24, 2.45) is 5.73 Å². The van der Waals surface area contributed by atoms with Crippen molar-refractivity contribution >= 4 is 11.9 Å². The van der Waals surface area contributed by atoms with Crippen molar-refractivity contribution in [1.29, 1.82) is 0 Å². The summed E-state index contributed by atoms with van der Waals surface area (Å²) in [5.41, 5.74) is 6.30. The summed E-state index contributed by atoms with van der Waals surface area (Å²) in [5, 5.41) is 1.30. The van der Waals surface area contributed by atoms with Crippen molar-refractivity contribution in [1.82, 2.24) is 9.96 Å². The normalized spacial score (nSPS) is 19.2. The first kappa shape index (κ1) is 14.3. The van der Waals surface area contributed by atoms with Gasteiger partial charge in [0.15, 0.2) is 0 Å². The minimum Gasteiger partial charge on any atom is -0.368 e. The van der Waals surface area contributed by atoms with Crippen molar-refractivity contribution in [2.45, 2.75) is 26.0 Å². The van der Waals surface area contributed by atoms with E-state index in [1.54, 1.807) is 0 Å². The lowest BCUT2D eigenvalue weighted by atomic mass is 10.1. The fourth-order valence-corrected chi connectivity index (χ4v) is 2.27. The van der Waals surface area contributed by atoms with Crippen molar-refractivity contribution in [3.8, 4) is 0 Å². The summed E-state index contributed by atoms with van der Waals surface area (Å²) in [7, 11) is 0. The summed E-state index contributed by atoms with van der Waals surface area (Å²) in [4.78, 5) is 30.5. The molecule has 1 saturated heterocycles.